The molecule has 6 heteroatoms. The van der Waals surface area contributed by atoms with Crippen molar-refractivity contribution >= 4 is 6.09 Å². The maximum Gasteiger partial charge on any atom is 0.410 e. The highest BCUT2D eigenvalue weighted by atomic mass is 16.6. The third kappa shape index (κ3) is 3.75. The summed E-state index contributed by atoms with van der Waals surface area (Å²) in [5.41, 5.74) is 0.229. The van der Waals surface area contributed by atoms with Gasteiger partial charge in [0.2, 0.25) is 0 Å². The molecule has 1 saturated heterocycles. The average Bonchev–Trinajstić information content (AvgIpc) is 2.87. The molecule has 1 N–H and O–H groups in total. The third-order valence-corrected chi connectivity index (χ3v) is 3.86. The van der Waals surface area contributed by atoms with E-state index in [1.165, 1.54) is 0 Å². The number of carbonyl (C=O) groups excluding carboxylic acids is 1. The van der Waals surface area contributed by atoms with Gasteiger partial charge < -0.3 is 14.7 Å². The normalized spacial score (nSPS) is 18.6. The molecule has 0 aromatic carbocycles. The van der Waals surface area contributed by atoms with E-state index >= 15 is 0 Å². The highest BCUT2D eigenvalue weighted by molar-refractivity contribution is 5.68. The second-order valence-electron chi connectivity index (χ2n) is 6.92. The summed E-state index contributed by atoms with van der Waals surface area (Å²) in [4.78, 5) is 13.8. The van der Waals surface area contributed by atoms with Crippen molar-refractivity contribution in [1.82, 2.24) is 14.7 Å². The molecule has 118 valence electrons. The summed E-state index contributed by atoms with van der Waals surface area (Å²) in [5.74, 6) is 0. The van der Waals surface area contributed by atoms with Gasteiger partial charge in [-0.15, -0.1) is 0 Å². The number of amides is 1. The van der Waals surface area contributed by atoms with Crippen LogP contribution in [0.15, 0.2) is 12.4 Å². The van der Waals surface area contributed by atoms with Gasteiger partial charge in [0.15, 0.2) is 0 Å². The first-order valence-corrected chi connectivity index (χ1v) is 7.36. The molecule has 1 fully saturated rings. The van der Waals surface area contributed by atoms with E-state index in [1.54, 1.807) is 11.1 Å². The summed E-state index contributed by atoms with van der Waals surface area (Å²) in [5, 5.41) is 13.5. The summed E-state index contributed by atoms with van der Waals surface area (Å²) in [6.45, 7) is 9.06. The van der Waals surface area contributed by atoms with Gasteiger partial charge in [0.1, 0.15) is 5.60 Å². The molecule has 0 bridgehead atoms. The molecule has 2 rings (SSSR count). The van der Waals surface area contributed by atoms with Gasteiger partial charge >= 0.3 is 6.09 Å². The number of hydrogen-bond donors (Lipinski definition) is 1. The fraction of sp³-hybridized carbons (Fsp3) is 0.733. The number of ether oxygens (including phenoxy) is 1. The number of rotatable bonds is 2. The van der Waals surface area contributed by atoms with E-state index in [2.05, 4.69) is 12.0 Å². The standard InChI is InChI=1S/C15H25N3O3/c1-14(2,3)21-13(20)17-7-5-15(4,6-8-17)18-10-12(11-19)9-16-18/h9-10,19H,5-8,11H2,1-4H3. The fourth-order valence-electron chi connectivity index (χ4n) is 2.46. The van der Waals surface area contributed by atoms with E-state index in [4.69, 9.17) is 9.84 Å². The molecular formula is C15H25N3O3. The van der Waals surface area contributed by atoms with Crippen molar-refractivity contribution < 1.29 is 14.6 Å². The van der Waals surface area contributed by atoms with E-state index in [-0.39, 0.29) is 18.2 Å². The number of hydrogen-bond acceptors (Lipinski definition) is 4. The summed E-state index contributed by atoms with van der Waals surface area (Å²) in [6, 6.07) is 0. The van der Waals surface area contributed by atoms with Crippen LogP contribution in [-0.2, 0) is 16.9 Å². The molecule has 1 aromatic heterocycles. The Hall–Kier alpha value is -1.56. The van der Waals surface area contributed by atoms with E-state index in [0.29, 0.717) is 13.1 Å². The molecule has 0 unspecified atom stereocenters. The lowest BCUT2D eigenvalue weighted by Crippen LogP contribution is -2.48. The topological polar surface area (TPSA) is 67.6 Å². The van der Waals surface area contributed by atoms with Crippen molar-refractivity contribution in [3.05, 3.63) is 18.0 Å². The van der Waals surface area contributed by atoms with Crippen LogP contribution >= 0.6 is 0 Å². The summed E-state index contributed by atoms with van der Waals surface area (Å²) in [6.07, 6.45) is 4.95. The zero-order valence-electron chi connectivity index (χ0n) is 13.3. The Bertz CT molecular complexity index is 497. The van der Waals surface area contributed by atoms with Gasteiger partial charge in [0.05, 0.1) is 18.3 Å². The van der Waals surface area contributed by atoms with Crippen LogP contribution in [0.5, 0.6) is 0 Å². The van der Waals surface area contributed by atoms with Crippen LogP contribution < -0.4 is 0 Å². The minimum atomic E-state index is -0.462. The van der Waals surface area contributed by atoms with Crippen LogP contribution in [0.1, 0.15) is 46.1 Å². The minimum Gasteiger partial charge on any atom is -0.444 e. The lowest BCUT2D eigenvalue weighted by Gasteiger charge is -2.39. The monoisotopic (exact) mass is 295 g/mol. The van der Waals surface area contributed by atoms with Crippen molar-refractivity contribution in [2.24, 2.45) is 0 Å². The Kier molecular flexibility index (Phi) is 4.27. The molecule has 0 spiro atoms. The average molecular weight is 295 g/mol. The molecule has 0 saturated carbocycles. The maximum atomic E-state index is 12.1. The highest BCUT2D eigenvalue weighted by Gasteiger charge is 2.35. The van der Waals surface area contributed by atoms with E-state index in [9.17, 15) is 4.79 Å². The number of piperidine rings is 1. The Morgan fingerprint density at radius 3 is 2.52 bits per heavy atom. The van der Waals surface area contributed by atoms with Gasteiger partial charge in [0, 0.05) is 24.8 Å². The smallest absolute Gasteiger partial charge is 0.410 e. The van der Waals surface area contributed by atoms with Crippen LogP contribution in [0, 0.1) is 0 Å². The molecule has 1 aromatic rings. The predicted octanol–water partition coefficient (Wildman–Crippen LogP) is 2.12. The maximum absolute atomic E-state index is 12.1. The zero-order valence-corrected chi connectivity index (χ0v) is 13.3. The number of nitrogens with zero attached hydrogens (tertiary/aromatic N) is 3. The number of likely N-dealkylation sites (tertiary alicyclic amines) is 1. The van der Waals surface area contributed by atoms with Crippen LogP contribution in [0.4, 0.5) is 4.79 Å². The molecule has 1 amide bonds. The van der Waals surface area contributed by atoms with Crippen molar-refractivity contribution in [3.8, 4) is 0 Å². The summed E-state index contributed by atoms with van der Waals surface area (Å²) in [7, 11) is 0. The van der Waals surface area contributed by atoms with Gasteiger partial charge in [-0.2, -0.15) is 5.10 Å². The highest BCUT2D eigenvalue weighted by Crippen LogP contribution is 2.30. The third-order valence-electron chi connectivity index (χ3n) is 3.86. The number of aromatic nitrogens is 2. The molecule has 0 aliphatic carbocycles. The van der Waals surface area contributed by atoms with Crippen LogP contribution in [0.2, 0.25) is 0 Å². The van der Waals surface area contributed by atoms with Gasteiger partial charge in [-0.25, -0.2) is 4.79 Å². The van der Waals surface area contributed by atoms with Crippen molar-refractivity contribution in [1.29, 1.82) is 0 Å². The first-order chi connectivity index (χ1) is 9.73. The second kappa shape index (κ2) is 5.67. The first kappa shape index (κ1) is 15.8. The predicted molar refractivity (Wildman–Crippen MR) is 78.8 cm³/mol. The molecule has 21 heavy (non-hydrogen) atoms. The molecule has 2 heterocycles. The second-order valence-corrected chi connectivity index (χ2v) is 6.92. The van der Waals surface area contributed by atoms with Crippen molar-refractivity contribution in [3.63, 3.8) is 0 Å². The van der Waals surface area contributed by atoms with Gasteiger partial charge in [-0.1, -0.05) is 0 Å². The van der Waals surface area contributed by atoms with Crippen LogP contribution in [0.25, 0.3) is 0 Å². The Labute approximate surface area is 125 Å². The zero-order chi connectivity index (χ0) is 15.7. The van der Waals surface area contributed by atoms with E-state index < -0.39 is 5.60 Å². The van der Waals surface area contributed by atoms with Gasteiger partial charge in [-0.3, -0.25) is 4.68 Å². The van der Waals surface area contributed by atoms with Crippen molar-refractivity contribution in [2.75, 3.05) is 13.1 Å². The largest absolute Gasteiger partial charge is 0.444 e. The Morgan fingerprint density at radius 1 is 1.43 bits per heavy atom. The molecule has 1 aliphatic heterocycles. The Balaban J connectivity index is 1.97. The Morgan fingerprint density at radius 2 is 2.05 bits per heavy atom. The van der Waals surface area contributed by atoms with Crippen LogP contribution in [-0.4, -0.2) is 44.6 Å². The van der Waals surface area contributed by atoms with Gasteiger partial charge in [0.25, 0.3) is 0 Å². The van der Waals surface area contributed by atoms with Gasteiger partial charge in [-0.05, 0) is 40.5 Å². The van der Waals surface area contributed by atoms with E-state index in [1.807, 2.05) is 31.6 Å². The van der Waals surface area contributed by atoms with Crippen LogP contribution in [0.3, 0.4) is 0 Å². The lowest BCUT2D eigenvalue weighted by molar-refractivity contribution is 0.0120. The quantitative estimate of drug-likeness (QED) is 0.907. The van der Waals surface area contributed by atoms with E-state index in [0.717, 1.165) is 18.4 Å². The van der Waals surface area contributed by atoms with Crippen molar-refractivity contribution in [2.45, 2.75) is 58.3 Å². The molecule has 0 atom stereocenters. The SMILES string of the molecule is CC(C)(C)OC(=O)N1CCC(C)(n2cc(CO)cn2)CC1. The first-order valence-electron chi connectivity index (χ1n) is 7.36. The minimum absolute atomic E-state index is 0.000113. The fourth-order valence-corrected chi connectivity index (χ4v) is 2.46. The molecule has 0 radical (unpaired) electrons. The molecule has 6 nitrogen and oxygen atoms in total. The number of aliphatic hydroxyl groups excluding tert-OH is 1. The molecular weight excluding hydrogens is 270 g/mol. The summed E-state index contributed by atoms with van der Waals surface area (Å²) < 4.78 is 7.31. The summed E-state index contributed by atoms with van der Waals surface area (Å²) >= 11 is 0. The number of aliphatic hydroxyl groups is 1. The molecule has 1 aliphatic rings. The lowest BCUT2D eigenvalue weighted by atomic mass is 9.90. The number of carbonyl (C=O) groups is 1.